The first-order valence-electron chi connectivity index (χ1n) is 7.23. The molecule has 2 N–H and O–H groups in total. The predicted octanol–water partition coefficient (Wildman–Crippen LogP) is 3.41. The lowest BCUT2D eigenvalue weighted by molar-refractivity contribution is 0.102. The summed E-state index contributed by atoms with van der Waals surface area (Å²) in [4.78, 5) is 16.4. The van der Waals surface area contributed by atoms with E-state index < -0.39 is 0 Å². The van der Waals surface area contributed by atoms with Crippen LogP contribution in [0.5, 0.6) is 5.75 Å². The molecular formula is C17H21N3O2. The first-order chi connectivity index (χ1) is 10.6. The monoisotopic (exact) mass is 299 g/mol. The van der Waals surface area contributed by atoms with Crippen molar-refractivity contribution < 1.29 is 9.53 Å². The summed E-state index contributed by atoms with van der Waals surface area (Å²) in [5, 5.41) is 6.10. The molecule has 0 atom stereocenters. The number of rotatable bonds is 6. The highest BCUT2D eigenvalue weighted by Gasteiger charge is 2.08. The van der Waals surface area contributed by atoms with Crippen molar-refractivity contribution in [3.8, 4) is 5.75 Å². The zero-order chi connectivity index (χ0) is 15.9. The largest absolute Gasteiger partial charge is 0.497 e. The minimum Gasteiger partial charge on any atom is -0.497 e. The van der Waals surface area contributed by atoms with E-state index in [9.17, 15) is 4.79 Å². The van der Waals surface area contributed by atoms with E-state index in [0.29, 0.717) is 17.2 Å². The topological polar surface area (TPSA) is 63.2 Å². The van der Waals surface area contributed by atoms with Gasteiger partial charge in [0.05, 0.1) is 18.4 Å². The molecule has 1 aromatic heterocycles. The fourth-order valence-electron chi connectivity index (χ4n) is 1.86. The number of nitrogens with one attached hydrogen (secondary N) is 2. The standard InChI is InChI=1S/C17H21N3O2/c1-12(2)9-19-15-8-13(10-18-11-15)17(21)20-14-4-6-16(22-3)7-5-14/h4-8,10-12,19H,9H2,1-3H3,(H,20,21). The van der Waals surface area contributed by atoms with Crippen LogP contribution in [0, 0.1) is 5.92 Å². The molecule has 1 aromatic carbocycles. The molecule has 22 heavy (non-hydrogen) atoms. The Bertz CT molecular complexity index is 624. The van der Waals surface area contributed by atoms with Crippen LogP contribution in [-0.4, -0.2) is 24.5 Å². The molecule has 2 aromatic rings. The van der Waals surface area contributed by atoms with E-state index in [1.165, 1.54) is 0 Å². The Hall–Kier alpha value is -2.56. The second-order valence-electron chi connectivity index (χ2n) is 5.42. The fraction of sp³-hybridized carbons (Fsp3) is 0.294. The fourth-order valence-corrected chi connectivity index (χ4v) is 1.86. The zero-order valence-electron chi connectivity index (χ0n) is 13.1. The normalized spacial score (nSPS) is 10.4. The number of nitrogens with zero attached hydrogens (tertiary/aromatic N) is 1. The predicted molar refractivity (Wildman–Crippen MR) is 88.5 cm³/mol. The van der Waals surface area contributed by atoms with E-state index in [0.717, 1.165) is 18.0 Å². The van der Waals surface area contributed by atoms with Gasteiger partial charge in [0.2, 0.25) is 0 Å². The molecule has 0 saturated carbocycles. The summed E-state index contributed by atoms with van der Waals surface area (Å²) in [6.07, 6.45) is 3.27. The first kappa shape index (κ1) is 15.8. The van der Waals surface area contributed by atoms with E-state index in [1.54, 1.807) is 49.8 Å². The average molecular weight is 299 g/mol. The van der Waals surface area contributed by atoms with Crippen LogP contribution in [0.25, 0.3) is 0 Å². The molecular weight excluding hydrogens is 278 g/mol. The Morgan fingerprint density at radius 3 is 2.55 bits per heavy atom. The zero-order valence-corrected chi connectivity index (χ0v) is 13.1. The van der Waals surface area contributed by atoms with Gasteiger partial charge in [0.15, 0.2) is 0 Å². The van der Waals surface area contributed by atoms with Crippen LogP contribution in [0.15, 0.2) is 42.7 Å². The SMILES string of the molecule is COc1ccc(NC(=O)c2cncc(NCC(C)C)c2)cc1. The van der Waals surface area contributed by atoms with Gasteiger partial charge < -0.3 is 15.4 Å². The van der Waals surface area contributed by atoms with E-state index in [1.807, 2.05) is 0 Å². The molecule has 0 fully saturated rings. The summed E-state index contributed by atoms with van der Waals surface area (Å²) >= 11 is 0. The number of hydrogen-bond donors (Lipinski definition) is 2. The number of aromatic nitrogens is 1. The Balaban J connectivity index is 2.03. The lowest BCUT2D eigenvalue weighted by Crippen LogP contribution is -2.13. The second kappa shape index (κ2) is 7.45. The molecule has 0 spiro atoms. The highest BCUT2D eigenvalue weighted by atomic mass is 16.5. The lowest BCUT2D eigenvalue weighted by atomic mass is 10.2. The molecule has 5 nitrogen and oxygen atoms in total. The minimum atomic E-state index is -0.189. The van der Waals surface area contributed by atoms with Gasteiger partial charge in [-0.15, -0.1) is 0 Å². The number of carbonyl (C=O) groups excluding carboxylic acids is 1. The van der Waals surface area contributed by atoms with Crippen LogP contribution in [0.3, 0.4) is 0 Å². The Labute approximate surface area is 130 Å². The van der Waals surface area contributed by atoms with E-state index in [-0.39, 0.29) is 5.91 Å². The molecule has 0 unspecified atom stereocenters. The molecule has 0 aliphatic carbocycles. The number of ether oxygens (including phenoxy) is 1. The molecule has 0 bridgehead atoms. The van der Waals surface area contributed by atoms with E-state index in [2.05, 4.69) is 29.5 Å². The number of methoxy groups -OCH3 is 1. The molecule has 1 heterocycles. The summed E-state index contributed by atoms with van der Waals surface area (Å²) in [5.41, 5.74) is 2.08. The molecule has 0 aliphatic rings. The highest BCUT2D eigenvalue weighted by Crippen LogP contribution is 2.16. The van der Waals surface area contributed by atoms with Crippen LogP contribution in [0.4, 0.5) is 11.4 Å². The molecule has 0 aliphatic heterocycles. The van der Waals surface area contributed by atoms with Crippen molar-refractivity contribution in [2.45, 2.75) is 13.8 Å². The van der Waals surface area contributed by atoms with Gasteiger partial charge in [-0.1, -0.05) is 13.8 Å². The van der Waals surface area contributed by atoms with Crippen molar-refractivity contribution in [2.75, 3.05) is 24.3 Å². The van der Waals surface area contributed by atoms with Gasteiger partial charge in [0.25, 0.3) is 5.91 Å². The van der Waals surface area contributed by atoms with Crippen molar-refractivity contribution in [1.29, 1.82) is 0 Å². The Morgan fingerprint density at radius 1 is 1.18 bits per heavy atom. The number of benzene rings is 1. The third kappa shape index (κ3) is 4.48. The van der Waals surface area contributed by atoms with Crippen molar-refractivity contribution in [3.05, 3.63) is 48.3 Å². The van der Waals surface area contributed by atoms with Gasteiger partial charge in [0, 0.05) is 24.6 Å². The van der Waals surface area contributed by atoms with Crippen LogP contribution < -0.4 is 15.4 Å². The number of anilines is 2. The third-order valence-electron chi connectivity index (χ3n) is 3.06. The Kier molecular flexibility index (Phi) is 5.36. The number of amides is 1. The molecule has 1 amide bonds. The average Bonchev–Trinajstić information content (AvgIpc) is 2.54. The highest BCUT2D eigenvalue weighted by molar-refractivity contribution is 6.04. The van der Waals surface area contributed by atoms with Crippen molar-refractivity contribution in [1.82, 2.24) is 4.98 Å². The second-order valence-corrected chi connectivity index (χ2v) is 5.42. The summed E-state index contributed by atoms with van der Waals surface area (Å²) in [7, 11) is 1.61. The van der Waals surface area contributed by atoms with E-state index >= 15 is 0 Å². The van der Waals surface area contributed by atoms with Gasteiger partial charge in [-0.2, -0.15) is 0 Å². The van der Waals surface area contributed by atoms with Gasteiger partial charge in [0.1, 0.15) is 5.75 Å². The van der Waals surface area contributed by atoms with Crippen LogP contribution in [0.1, 0.15) is 24.2 Å². The van der Waals surface area contributed by atoms with E-state index in [4.69, 9.17) is 4.74 Å². The summed E-state index contributed by atoms with van der Waals surface area (Å²) in [6.45, 7) is 5.09. The summed E-state index contributed by atoms with van der Waals surface area (Å²) < 4.78 is 5.09. The molecule has 5 heteroatoms. The summed E-state index contributed by atoms with van der Waals surface area (Å²) in [5.74, 6) is 1.09. The maximum absolute atomic E-state index is 12.2. The van der Waals surface area contributed by atoms with Crippen molar-refractivity contribution in [2.24, 2.45) is 5.92 Å². The Morgan fingerprint density at radius 2 is 1.91 bits per heavy atom. The third-order valence-corrected chi connectivity index (χ3v) is 3.06. The quantitative estimate of drug-likeness (QED) is 0.858. The number of carbonyl (C=O) groups is 1. The number of hydrogen-bond acceptors (Lipinski definition) is 4. The maximum atomic E-state index is 12.2. The van der Waals surface area contributed by atoms with Crippen LogP contribution in [-0.2, 0) is 0 Å². The smallest absolute Gasteiger partial charge is 0.257 e. The van der Waals surface area contributed by atoms with Crippen molar-refractivity contribution >= 4 is 17.3 Å². The summed E-state index contributed by atoms with van der Waals surface area (Å²) in [6, 6.07) is 8.99. The molecule has 0 saturated heterocycles. The molecule has 0 radical (unpaired) electrons. The van der Waals surface area contributed by atoms with Gasteiger partial charge in [-0.05, 0) is 36.2 Å². The lowest BCUT2D eigenvalue weighted by Gasteiger charge is -2.10. The molecule has 2 rings (SSSR count). The van der Waals surface area contributed by atoms with Crippen LogP contribution in [0.2, 0.25) is 0 Å². The van der Waals surface area contributed by atoms with Gasteiger partial charge in [-0.25, -0.2) is 0 Å². The van der Waals surface area contributed by atoms with Crippen molar-refractivity contribution in [3.63, 3.8) is 0 Å². The molecule has 116 valence electrons. The minimum absolute atomic E-state index is 0.189. The first-order valence-corrected chi connectivity index (χ1v) is 7.23. The number of pyridine rings is 1. The van der Waals surface area contributed by atoms with Gasteiger partial charge >= 0.3 is 0 Å². The maximum Gasteiger partial charge on any atom is 0.257 e. The van der Waals surface area contributed by atoms with Crippen LogP contribution >= 0.6 is 0 Å². The van der Waals surface area contributed by atoms with Gasteiger partial charge in [-0.3, -0.25) is 9.78 Å².